The van der Waals surface area contributed by atoms with Crippen LogP contribution in [0.5, 0.6) is 0 Å². The predicted molar refractivity (Wildman–Crippen MR) is 67.4 cm³/mol. The molecule has 0 saturated heterocycles. The van der Waals surface area contributed by atoms with Gasteiger partial charge in [0, 0.05) is 11.5 Å². The molecular formula is C13H22N2O2. The SMILES string of the molecule is CC(C)(C)NC(=O)CNC(=O)C1CC=CCC1. The Morgan fingerprint density at radius 3 is 2.53 bits per heavy atom. The molecule has 1 aliphatic rings. The Morgan fingerprint density at radius 2 is 2.00 bits per heavy atom. The van der Waals surface area contributed by atoms with Crippen molar-refractivity contribution >= 4 is 11.8 Å². The molecule has 1 rings (SSSR count). The van der Waals surface area contributed by atoms with Crippen LogP contribution in [-0.2, 0) is 9.59 Å². The van der Waals surface area contributed by atoms with Crippen LogP contribution in [0.25, 0.3) is 0 Å². The molecular weight excluding hydrogens is 216 g/mol. The third-order valence-corrected chi connectivity index (χ3v) is 2.58. The van der Waals surface area contributed by atoms with E-state index in [9.17, 15) is 9.59 Å². The normalized spacial score (nSPS) is 19.8. The lowest BCUT2D eigenvalue weighted by Gasteiger charge is -2.21. The zero-order chi connectivity index (χ0) is 12.9. The smallest absolute Gasteiger partial charge is 0.239 e. The van der Waals surface area contributed by atoms with E-state index in [1.807, 2.05) is 26.8 Å². The number of hydrogen-bond donors (Lipinski definition) is 2. The minimum Gasteiger partial charge on any atom is -0.350 e. The largest absolute Gasteiger partial charge is 0.350 e. The lowest BCUT2D eigenvalue weighted by molar-refractivity contribution is -0.129. The quantitative estimate of drug-likeness (QED) is 0.730. The Bertz CT molecular complexity index is 316. The first-order valence-corrected chi connectivity index (χ1v) is 6.12. The van der Waals surface area contributed by atoms with Crippen LogP contribution in [-0.4, -0.2) is 23.9 Å². The number of amides is 2. The number of carbonyl (C=O) groups is 2. The van der Waals surface area contributed by atoms with Crippen LogP contribution >= 0.6 is 0 Å². The van der Waals surface area contributed by atoms with Crippen LogP contribution in [0.3, 0.4) is 0 Å². The molecule has 4 heteroatoms. The van der Waals surface area contributed by atoms with Crippen LogP contribution in [0.1, 0.15) is 40.0 Å². The lowest BCUT2D eigenvalue weighted by atomic mass is 9.94. The third-order valence-electron chi connectivity index (χ3n) is 2.58. The molecule has 17 heavy (non-hydrogen) atoms. The van der Waals surface area contributed by atoms with Crippen molar-refractivity contribution in [3.8, 4) is 0 Å². The Kier molecular flexibility index (Phi) is 4.73. The summed E-state index contributed by atoms with van der Waals surface area (Å²) >= 11 is 0. The molecule has 0 bridgehead atoms. The van der Waals surface area contributed by atoms with E-state index < -0.39 is 0 Å². The van der Waals surface area contributed by atoms with Crippen LogP contribution in [0.2, 0.25) is 0 Å². The molecule has 1 aliphatic carbocycles. The van der Waals surface area contributed by atoms with Crippen molar-refractivity contribution in [3.05, 3.63) is 12.2 Å². The number of hydrogen-bond acceptors (Lipinski definition) is 2. The zero-order valence-corrected chi connectivity index (χ0v) is 10.9. The van der Waals surface area contributed by atoms with E-state index in [1.165, 1.54) is 0 Å². The molecule has 0 spiro atoms. The highest BCUT2D eigenvalue weighted by Gasteiger charge is 2.20. The molecule has 0 heterocycles. The standard InChI is InChI=1S/C13H22N2O2/c1-13(2,3)15-11(16)9-14-12(17)10-7-5-4-6-8-10/h4-5,10H,6-9H2,1-3H3,(H,14,17)(H,15,16). The zero-order valence-electron chi connectivity index (χ0n) is 10.9. The summed E-state index contributed by atoms with van der Waals surface area (Å²) in [7, 11) is 0. The minimum atomic E-state index is -0.255. The summed E-state index contributed by atoms with van der Waals surface area (Å²) < 4.78 is 0. The van der Waals surface area contributed by atoms with Crippen LogP contribution < -0.4 is 10.6 Å². The van der Waals surface area contributed by atoms with E-state index in [0.717, 1.165) is 19.3 Å². The summed E-state index contributed by atoms with van der Waals surface area (Å²) in [6, 6.07) is 0. The first-order valence-electron chi connectivity index (χ1n) is 6.12. The van der Waals surface area contributed by atoms with Gasteiger partial charge in [-0.15, -0.1) is 0 Å². The van der Waals surface area contributed by atoms with Crippen molar-refractivity contribution in [1.29, 1.82) is 0 Å². The van der Waals surface area contributed by atoms with Crippen molar-refractivity contribution in [2.24, 2.45) is 5.92 Å². The fourth-order valence-electron chi connectivity index (χ4n) is 1.81. The highest BCUT2D eigenvalue weighted by molar-refractivity contribution is 5.86. The summed E-state index contributed by atoms with van der Waals surface area (Å²) in [5, 5.41) is 5.50. The van der Waals surface area contributed by atoms with Gasteiger partial charge in [-0.2, -0.15) is 0 Å². The molecule has 96 valence electrons. The molecule has 0 aromatic rings. The summed E-state index contributed by atoms with van der Waals surface area (Å²) in [6.45, 7) is 5.81. The Labute approximate surface area is 103 Å². The van der Waals surface area contributed by atoms with Gasteiger partial charge in [0.2, 0.25) is 11.8 Å². The van der Waals surface area contributed by atoms with Gasteiger partial charge in [0.15, 0.2) is 0 Å². The highest BCUT2D eigenvalue weighted by Crippen LogP contribution is 2.17. The van der Waals surface area contributed by atoms with Crippen LogP contribution in [0.4, 0.5) is 0 Å². The number of nitrogens with one attached hydrogen (secondary N) is 2. The van der Waals surface area contributed by atoms with Crippen LogP contribution in [0, 0.1) is 5.92 Å². The van der Waals surface area contributed by atoms with Gasteiger partial charge >= 0.3 is 0 Å². The van der Waals surface area contributed by atoms with Crippen molar-refractivity contribution in [2.45, 2.75) is 45.6 Å². The first kappa shape index (κ1) is 13.7. The average Bonchev–Trinajstić information content (AvgIpc) is 2.25. The van der Waals surface area contributed by atoms with E-state index in [0.29, 0.717) is 0 Å². The molecule has 0 saturated carbocycles. The van der Waals surface area contributed by atoms with Gasteiger partial charge in [-0.05, 0) is 40.0 Å². The highest BCUT2D eigenvalue weighted by atomic mass is 16.2. The number of allylic oxidation sites excluding steroid dienone is 2. The topological polar surface area (TPSA) is 58.2 Å². The molecule has 0 aliphatic heterocycles. The average molecular weight is 238 g/mol. The maximum Gasteiger partial charge on any atom is 0.239 e. The van der Waals surface area contributed by atoms with E-state index in [2.05, 4.69) is 16.7 Å². The molecule has 0 radical (unpaired) electrons. The summed E-state index contributed by atoms with van der Waals surface area (Å²) in [5.74, 6) is -0.127. The molecule has 1 atom stereocenters. The summed E-state index contributed by atoms with van der Waals surface area (Å²) in [6.07, 6.45) is 6.74. The second-order valence-corrected chi connectivity index (χ2v) is 5.50. The maximum absolute atomic E-state index is 11.7. The van der Waals surface area contributed by atoms with Gasteiger partial charge in [0.05, 0.1) is 6.54 Å². The predicted octanol–water partition coefficient (Wildman–Crippen LogP) is 1.37. The van der Waals surface area contributed by atoms with Gasteiger partial charge < -0.3 is 10.6 Å². The monoisotopic (exact) mass is 238 g/mol. The van der Waals surface area contributed by atoms with E-state index in [1.54, 1.807) is 0 Å². The van der Waals surface area contributed by atoms with Crippen molar-refractivity contribution in [1.82, 2.24) is 10.6 Å². The van der Waals surface area contributed by atoms with Gasteiger partial charge in [-0.25, -0.2) is 0 Å². The van der Waals surface area contributed by atoms with Gasteiger partial charge in [-0.3, -0.25) is 9.59 Å². The maximum atomic E-state index is 11.7. The fraction of sp³-hybridized carbons (Fsp3) is 0.692. The Morgan fingerprint density at radius 1 is 1.29 bits per heavy atom. The fourth-order valence-corrected chi connectivity index (χ4v) is 1.81. The van der Waals surface area contributed by atoms with Gasteiger partial charge in [-0.1, -0.05) is 12.2 Å². The number of rotatable bonds is 3. The summed E-state index contributed by atoms with van der Waals surface area (Å²) in [4.78, 5) is 23.2. The van der Waals surface area contributed by atoms with Gasteiger partial charge in [0.1, 0.15) is 0 Å². The second-order valence-electron chi connectivity index (χ2n) is 5.50. The van der Waals surface area contributed by atoms with Crippen LogP contribution in [0.15, 0.2) is 12.2 Å². The minimum absolute atomic E-state index is 0.0154. The third kappa shape index (κ3) is 5.52. The number of carbonyl (C=O) groups excluding carboxylic acids is 2. The van der Waals surface area contributed by atoms with E-state index in [4.69, 9.17) is 0 Å². The van der Waals surface area contributed by atoms with Crippen molar-refractivity contribution in [3.63, 3.8) is 0 Å². The van der Waals surface area contributed by atoms with E-state index >= 15 is 0 Å². The molecule has 1 unspecified atom stereocenters. The second kappa shape index (κ2) is 5.84. The van der Waals surface area contributed by atoms with E-state index in [-0.39, 0.29) is 29.8 Å². The lowest BCUT2D eigenvalue weighted by Crippen LogP contribution is -2.46. The van der Waals surface area contributed by atoms with Crippen molar-refractivity contribution < 1.29 is 9.59 Å². The molecule has 0 aromatic carbocycles. The first-order chi connectivity index (χ1) is 7.88. The summed E-state index contributed by atoms with van der Waals surface area (Å²) in [5.41, 5.74) is -0.255. The molecule has 0 fully saturated rings. The molecule has 0 aromatic heterocycles. The molecule has 2 amide bonds. The van der Waals surface area contributed by atoms with Crippen molar-refractivity contribution in [2.75, 3.05) is 6.54 Å². The molecule has 2 N–H and O–H groups in total. The Hall–Kier alpha value is -1.32. The molecule has 4 nitrogen and oxygen atoms in total. The Balaban J connectivity index is 2.28. The van der Waals surface area contributed by atoms with Gasteiger partial charge in [0.25, 0.3) is 0 Å².